The van der Waals surface area contributed by atoms with E-state index in [1.807, 2.05) is 12.1 Å². The highest BCUT2D eigenvalue weighted by molar-refractivity contribution is 5.86. The number of rotatable bonds is 3. The lowest BCUT2D eigenvalue weighted by Crippen LogP contribution is -2.47. The highest BCUT2D eigenvalue weighted by atomic mass is 16.1. The highest BCUT2D eigenvalue weighted by Crippen LogP contribution is 2.28. The second-order valence-corrected chi connectivity index (χ2v) is 7.60. The van der Waals surface area contributed by atoms with Gasteiger partial charge in [-0.25, -0.2) is 4.98 Å². The number of pyridine rings is 1. The molecule has 3 heterocycles. The van der Waals surface area contributed by atoms with Gasteiger partial charge in [-0.1, -0.05) is 42.5 Å². The molecule has 6 nitrogen and oxygen atoms in total. The normalized spacial score (nSPS) is 16.7. The van der Waals surface area contributed by atoms with Crippen LogP contribution in [0.1, 0.15) is 11.6 Å². The molecule has 0 amide bonds. The van der Waals surface area contributed by atoms with E-state index >= 15 is 0 Å². The van der Waals surface area contributed by atoms with Crippen LogP contribution in [0.5, 0.6) is 0 Å². The van der Waals surface area contributed by atoms with Gasteiger partial charge in [0.15, 0.2) is 0 Å². The average molecular weight is 397 g/mol. The number of benzene rings is 2. The Morgan fingerprint density at radius 2 is 1.83 bits per heavy atom. The Morgan fingerprint density at radius 3 is 2.70 bits per heavy atom. The van der Waals surface area contributed by atoms with Crippen LogP contribution in [0.3, 0.4) is 0 Å². The summed E-state index contributed by atoms with van der Waals surface area (Å²) in [4.78, 5) is 23.8. The van der Waals surface area contributed by atoms with Crippen molar-refractivity contribution < 1.29 is 0 Å². The number of anilines is 1. The van der Waals surface area contributed by atoms with Gasteiger partial charge >= 0.3 is 0 Å². The van der Waals surface area contributed by atoms with Gasteiger partial charge in [-0.05, 0) is 28.5 Å². The van der Waals surface area contributed by atoms with Crippen LogP contribution >= 0.6 is 0 Å². The van der Waals surface area contributed by atoms with Crippen LogP contribution in [0.15, 0.2) is 77.9 Å². The first kappa shape index (κ1) is 18.5. The number of fused-ring (bicyclic) bond motifs is 1. The maximum absolute atomic E-state index is 12.7. The average Bonchev–Trinajstić information content (AvgIpc) is 2.81. The van der Waals surface area contributed by atoms with Gasteiger partial charge in [-0.3, -0.25) is 14.3 Å². The predicted octanol–water partition coefficient (Wildman–Crippen LogP) is 3.15. The van der Waals surface area contributed by atoms with Crippen molar-refractivity contribution in [1.82, 2.24) is 19.9 Å². The molecule has 0 bridgehead atoms. The lowest BCUT2D eigenvalue weighted by atomic mass is 9.97. The lowest BCUT2D eigenvalue weighted by Gasteiger charge is -2.35. The van der Waals surface area contributed by atoms with E-state index in [0.29, 0.717) is 11.6 Å². The van der Waals surface area contributed by atoms with Crippen molar-refractivity contribution in [1.29, 1.82) is 0 Å². The molecule has 0 saturated carbocycles. The molecule has 1 fully saturated rings. The molecular formula is C24H23N5O. The number of piperazine rings is 1. The van der Waals surface area contributed by atoms with Gasteiger partial charge in [-0.2, -0.15) is 0 Å². The molecule has 1 aliphatic rings. The molecule has 2 aromatic heterocycles. The van der Waals surface area contributed by atoms with Gasteiger partial charge in [0.05, 0.1) is 11.7 Å². The maximum atomic E-state index is 12.7. The van der Waals surface area contributed by atoms with Crippen molar-refractivity contribution in [3.8, 4) is 11.3 Å². The number of hydrogen-bond donors (Lipinski definition) is 1. The Balaban J connectivity index is 1.52. The number of nitrogens with zero attached hydrogens (tertiary/aromatic N) is 4. The smallest absolute Gasteiger partial charge is 0.255 e. The lowest BCUT2D eigenvalue weighted by molar-refractivity contribution is 0.464. The Hall–Kier alpha value is -3.51. The van der Waals surface area contributed by atoms with Gasteiger partial charge in [0.25, 0.3) is 5.56 Å². The van der Waals surface area contributed by atoms with Gasteiger partial charge in [0.1, 0.15) is 0 Å². The molecule has 5 rings (SSSR count). The predicted molar refractivity (Wildman–Crippen MR) is 120 cm³/mol. The maximum Gasteiger partial charge on any atom is 0.255 e. The van der Waals surface area contributed by atoms with Crippen LogP contribution < -0.4 is 15.8 Å². The van der Waals surface area contributed by atoms with Crippen LogP contribution in [0, 0.1) is 0 Å². The largest absolute Gasteiger partial charge is 0.339 e. The molecular weight excluding hydrogens is 374 g/mol. The third-order valence-corrected chi connectivity index (χ3v) is 5.74. The first-order valence-corrected chi connectivity index (χ1v) is 10.2. The quantitative estimate of drug-likeness (QED) is 0.575. The molecule has 0 spiro atoms. The minimum absolute atomic E-state index is 0.0629. The fourth-order valence-electron chi connectivity index (χ4n) is 4.17. The van der Waals surface area contributed by atoms with Crippen molar-refractivity contribution in [2.45, 2.75) is 6.04 Å². The van der Waals surface area contributed by atoms with Crippen LogP contribution in [-0.4, -0.2) is 34.2 Å². The zero-order valence-corrected chi connectivity index (χ0v) is 16.8. The number of nitrogens with one attached hydrogen (secondary N) is 1. The van der Waals surface area contributed by atoms with E-state index < -0.39 is 0 Å². The Morgan fingerprint density at radius 1 is 1.03 bits per heavy atom. The molecule has 2 aromatic carbocycles. The second kappa shape index (κ2) is 7.72. The second-order valence-electron chi connectivity index (χ2n) is 7.60. The third-order valence-electron chi connectivity index (χ3n) is 5.74. The van der Waals surface area contributed by atoms with Gasteiger partial charge in [0.2, 0.25) is 5.95 Å². The van der Waals surface area contributed by atoms with E-state index in [-0.39, 0.29) is 11.6 Å². The first-order chi connectivity index (χ1) is 14.7. The Kier molecular flexibility index (Phi) is 4.77. The SMILES string of the molecule is Cn1c(N2CCNC(c3cccc4ccccc34)C2)nc(-c2ccncc2)cc1=O. The summed E-state index contributed by atoms with van der Waals surface area (Å²) in [5.41, 5.74) is 2.78. The summed E-state index contributed by atoms with van der Waals surface area (Å²) in [6.07, 6.45) is 3.44. The number of hydrogen-bond acceptors (Lipinski definition) is 5. The van der Waals surface area contributed by atoms with Crippen LogP contribution in [0.2, 0.25) is 0 Å². The molecule has 150 valence electrons. The van der Waals surface area contributed by atoms with Gasteiger partial charge in [0, 0.05) is 50.7 Å². The van der Waals surface area contributed by atoms with Crippen molar-refractivity contribution in [3.05, 3.63) is 89.0 Å². The molecule has 30 heavy (non-hydrogen) atoms. The fourth-order valence-corrected chi connectivity index (χ4v) is 4.17. The summed E-state index contributed by atoms with van der Waals surface area (Å²) in [7, 11) is 1.79. The summed E-state index contributed by atoms with van der Waals surface area (Å²) >= 11 is 0. The molecule has 4 aromatic rings. The summed E-state index contributed by atoms with van der Waals surface area (Å²) in [6, 6.07) is 20.4. The number of aromatic nitrogens is 3. The molecule has 0 aliphatic carbocycles. The molecule has 1 unspecified atom stereocenters. The molecule has 0 radical (unpaired) electrons. The highest BCUT2D eigenvalue weighted by Gasteiger charge is 2.25. The minimum Gasteiger partial charge on any atom is -0.339 e. The summed E-state index contributed by atoms with van der Waals surface area (Å²) in [5.74, 6) is 0.695. The topological polar surface area (TPSA) is 63.1 Å². The van der Waals surface area contributed by atoms with Crippen molar-refractivity contribution in [3.63, 3.8) is 0 Å². The third kappa shape index (κ3) is 3.35. The van der Waals surface area contributed by atoms with E-state index in [9.17, 15) is 4.79 Å². The van der Waals surface area contributed by atoms with Crippen LogP contribution in [0.25, 0.3) is 22.0 Å². The van der Waals surface area contributed by atoms with Crippen LogP contribution in [0.4, 0.5) is 5.95 Å². The Labute approximate surface area is 174 Å². The van der Waals surface area contributed by atoms with Crippen molar-refractivity contribution in [2.24, 2.45) is 7.05 Å². The van der Waals surface area contributed by atoms with Crippen molar-refractivity contribution >= 4 is 16.7 Å². The fraction of sp³-hybridized carbons (Fsp3) is 0.208. The van der Waals surface area contributed by atoms with E-state index in [1.54, 1.807) is 30.1 Å². The van der Waals surface area contributed by atoms with Gasteiger partial charge in [-0.15, -0.1) is 0 Å². The van der Waals surface area contributed by atoms with E-state index in [4.69, 9.17) is 4.98 Å². The van der Waals surface area contributed by atoms with E-state index in [0.717, 1.165) is 25.2 Å². The molecule has 1 saturated heterocycles. The zero-order valence-electron chi connectivity index (χ0n) is 16.8. The molecule has 1 N–H and O–H groups in total. The Bertz CT molecular complexity index is 1250. The van der Waals surface area contributed by atoms with Crippen LogP contribution in [-0.2, 0) is 7.05 Å². The minimum atomic E-state index is -0.0629. The molecule has 1 aliphatic heterocycles. The standard InChI is InChI=1S/C24H23N5O/c1-28-23(30)15-21(18-9-11-25-12-10-18)27-24(28)29-14-13-26-22(16-29)20-8-4-6-17-5-2-3-7-19(17)20/h2-12,15,22,26H,13-14,16H2,1H3. The zero-order chi connectivity index (χ0) is 20.5. The summed E-state index contributed by atoms with van der Waals surface area (Å²) < 4.78 is 1.64. The molecule has 1 atom stereocenters. The molecule has 6 heteroatoms. The van der Waals surface area contributed by atoms with E-state index in [2.05, 4.69) is 57.7 Å². The monoisotopic (exact) mass is 397 g/mol. The van der Waals surface area contributed by atoms with Gasteiger partial charge < -0.3 is 10.2 Å². The van der Waals surface area contributed by atoms with E-state index in [1.165, 1.54) is 16.3 Å². The first-order valence-electron chi connectivity index (χ1n) is 10.2. The summed E-state index contributed by atoms with van der Waals surface area (Å²) in [6.45, 7) is 2.36. The van der Waals surface area contributed by atoms with Crippen molar-refractivity contribution in [2.75, 3.05) is 24.5 Å². The summed E-state index contributed by atoms with van der Waals surface area (Å²) in [5, 5.41) is 6.13.